The van der Waals surface area contributed by atoms with E-state index in [0.29, 0.717) is 6.04 Å². The second-order valence-corrected chi connectivity index (χ2v) is 7.41. The first kappa shape index (κ1) is 15.9. The summed E-state index contributed by atoms with van der Waals surface area (Å²) in [5, 5.41) is 3.30. The molecule has 108 valence electrons. The molecule has 0 bridgehead atoms. The quantitative estimate of drug-likeness (QED) is 0.834. The van der Waals surface area contributed by atoms with Gasteiger partial charge >= 0.3 is 0 Å². The number of rotatable bonds is 3. The maximum atomic E-state index is 3.30. The Bertz CT molecular complexity index is 255. The lowest BCUT2D eigenvalue weighted by Gasteiger charge is -2.50. The predicted octanol–water partition coefficient (Wildman–Crippen LogP) is 2.18. The third-order valence-electron chi connectivity index (χ3n) is 4.10. The van der Waals surface area contributed by atoms with Gasteiger partial charge in [0.2, 0.25) is 0 Å². The van der Waals surface area contributed by atoms with Crippen LogP contribution in [0.3, 0.4) is 0 Å². The Morgan fingerprint density at radius 1 is 1.28 bits per heavy atom. The van der Waals surface area contributed by atoms with Crippen molar-refractivity contribution >= 4 is 0 Å². The molecule has 0 radical (unpaired) electrons. The maximum absolute atomic E-state index is 3.30. The van der Waals surface area contributed by atoms with Crippen LogP contribution in [0.15, 0.2) is 0 Å². The summed E-state index contributed by atoms with van der Waals surface area (Å²) in [6.07, 6.45) is 2.47. The monoisotopic (exact) mass is 255 g/mol. The summed E-state index contributed by atoms with van der Waals surface area (Å²) >= 11 is 0. The zero-order chi connectivity index (χ0) is 14.0. The van der Waals surface area contributed by atoms with E-state index in [1.165, 1.54) is 25.9 Å². The summed E-state index contributed by atoms with van der Waals surface area (Å²) < 4.78 is 0. The van der Waals surface area contributed by atoms with Gasteiger partial charge in [-0.25, -0.2) is 0 Å². The summed E-state index contributed by atoms with van der Waals surface area (Å²) in [4.78, 5) is 5.24. The summed E-state index contributed by atoms with van der Waals surface area (Å²) in [5.41, 5.74) is 0.508. The van der Waals surface area contributed by atoms with E-state index in [1.54, 1.807) is 0 Å². The molecular formula is C15H33N3. The minimum atomic E-state index is 0.229. The van der Waals surface area contributed by atoms with Crippen molar-refractivity contribution in [2.24, 2.45) is 0 Å². The van der Waals surface area contributed by atoms with Gasteiger partial charge in [-0.3, -0.25) is 4.90 Å². The van der Waals surface area contributed by atoms with E-state index in [2.05, 4.69) is 56.8 Å². The van der Waals surface area contributed by atoms with Crippen LogP contribution < -0.4 is 5.32 Å². The molecule has 1 rings (SSSR count). The van der Waals surface area contributed by atoms with Gasteiger partial charge in [0.25, 0.3) is 0 Å². The molecule has 0 aromatic heterocycles. The molecule has 18 heavy (non-hydrogen) atoms. The topological polar surface area (TPSA) is 18.5 Å². The third kappa shape index (κ3) is 3.94. The fraction of sp³-hybridized carbons (Fsp3) is 1.00. The Labute approximate surface area is 114 Å². The van der Waals surface area contributed by atoms with Crippen LogP contribution in [-0.2, 0) is 0 Å². The van der Waals surface area contributed by atoms with Crippen LogP contribution in [0.25, 0.3) is 0 Å². The highest BCUT2D eigenvalue weighted by atomic mass is 15.3. The molecule has 0 aromatic rings. The molecule has 1 fully saturated rings. The number of hydrogen-bond donors (Lipinski definition) is 1. The van der Waals surface area contributed by atoms with Crippen LogP contribution in [-0.4, -0.2) is 60.6 Å². The van der Waals surface area contributed by atoms with Gasteiger partial charge in [-0.05, 0) is 74.6 Å². The van der Waals surface area contributed by atoms with Gasteiger partial charge in [0.1, 0.15) is 0 Å². The average Bonchev–Trinajstić information content (AvgIpc) is 2.31. The van der Waals surface area contributed by atoms with Crippen molar-refractivity contribution < 1.29 is 0 Å². The highest BCUT2D eigenvalue weighted by Crippen LogP contribution is 2.33. The van der Waals surface area contributed by atoms with Gasteiger partial charge in [-0.15, -0.1) is 0 Å². The van der Waals surface area contributed by atoms with E-state index in [9.17, 15) is 0 Å². The molecule has 1 atom stereocenters. The minimum absolute atomic E-state index is 0.229. The van der Waals surface area contributed by atoms with Crippen molar-refractivity contribution in [3.63, 3.8) is 0 Å². The second kappa shape index (κ2) is 5.89. The van der Waals surface area contributed by atoms with Gasteiger partial charge in [0.05, 0.1) is 0 Å². The van der Waals surface area contributed by atoms with Gasteiger partial charge in [-0.2, -0.15) is 0 Å². The van der Waals surface area contributed by atoms with E-state index in [4.69, 9.17) is 0 Å². The van der Waals surface area contributed by atoms with Crippen molar-refractivity contribution in [2.45, 2.75) is 64.6 Å². The van der Waals surface area contributed by atoms with Crippen LogP contribution in [0.5, 0.6) is 0 Å². The predicted molar refractivity (Wildman–Crippen MR) is 80.1 cm³/mol. The molecule has 0 aromatic carbocycles. The zero-order valence-electron chi connectivity index (χ0n) is 13.5. The van der Waals surface area contributed by atoms with Crippen molar-refractivity contribution in [1.82, 2.24) is 15.1 Å². The van der Waals surface area contributed by atoms with E-state index in [-0.39, 0.29) is 11.1 Å². The molecule has 1 heterocycles. The van der Waals surface area contributed by atoms with E-state index in [0.717, 1.165) is 6.54 Å². The lowest BCUT2D eigenvalue weighted by molar-refractivity contribution is -0.0121. The zero-order valence-corrected chi connectivity index (χ0v) is 13.5. The largest absolute Gasteiger partial charge is 0.320 e. The van der Waals surface area contributed by atoms with Crippen molar-refractivity contribution in [3.05, 3.63) is 0 Å². The Morgan fingerprint density at radius 3 is 2.39 bits per heavy atom. The molecule has 1 unspecified atom stereocenters. The summed E-state index contributed by atoms with van der Waals surface area (Å²) in [6.45, 7) is 15.4. The summed E-state index contributed by atoms with van der Waals surface area (Å²) in [6, 6.07) is 0.639. The molecule has 1 aliphatic heterocycles. The normalized spacial score (nSPS) is 27.2. The molecule has 3 heteroatoms. The number of nitrogens with one attached hydrogen (secondary N) is 1. The van der Waals surface area contributed by atoms with E-state index in [1.807, 2.05) is 7.05 Å². The van der Waals surface area contributed by atoms with Crippen LogP contribution in [0.2, 0.25) is 0 Å². The Hall–Kier alpha value is -0.120. The molecule has 0 saturated carbocycles. The fourth-order valence-electron chi connectivity index (χ4n) is 3.60. The molecule has 1 N–H and O–H groups in total. The van der Waals surface area contributed by atoms with Crippen molar-refractivity contribution in [1.29, 1.82) is 0 Å². The molecule has 1 aliphatic rings. The van der Waals surface area contributed by atoms with Crippen molar-refractivity contribution in [2.75, 3.05) is 33.7 Å². The minimum Gasteiger partial charge on any atom is -0.320 e. The van der Waals surface area contributed by atoms with Crippen LogP contribution >= 0.6 is 0 Å². The third-order valence-corrected chi connectivity index (χ3v) is 4.10. The summed E-state index contributed by atoms with van der Waals surface area (Å²) in [7, 11) is 4.31. The molecule has 0 amide bonds. The maximum Gasteiger partial charge on any atom is 0.0245 e. The molecule has 3 nitrogen and oxygen atoms in total. The van der Waals surface area contributed by atoms with Gasteiger partial charge in [0, 0.05) is 23.7 Å². The highest BCUT2D eigenvalue weighted by Gasteiger charge is 2.41. The number of nitrogens with zero attached hydrogens (tertiary/aromatic N) is 2. The smallest absolute Gasteiger partial charge is 0.0245 e. The Balaban J connectivity index is 2.97. The lowest BCUT2D eigenvalue weighted by Crippen LogP contribution is -2.59. The Kier molecular flexibility index (Phi) is 5.22. The van der Waals surface area contributed by atoms with Crippen LogP contribution in [0.4, 0.5) is 0 Å². The molecule has 1 saturated heterocycles. The first-order chi connectivity index (χ1) is 8.18. The SMILES string of the molecule is CNCCC1CN(C)CCC(C)(C)N1C(C)(C)C. The van der Waals surface area contributed by atoms with Gasteiger partial charge in [-0.1, -0.05) is 0 Å². The van der Waals surface area contributed by atoms with Gasteiger partial charge in [0.15, 0.2) is 0 Å². The fourth-order valence-corrected chi connectivity index (χ4v) is 3.60. The van der Waals surface area contributed by atoms with Crippen LogP contribution in [0.1, 0.15) is 47.5 Å². The van der Waals surface area contributed by atoms with Gasteiger partial charge < -0.3 is 10.2 Å². The molecule has 0 spiro atoms. The van der Waals surface area contributed by atoms with E-state index < -0.39 is 0 Å². The first-order valence-corrected chi connectivity index (χ1v) is 7.31. The Morgan fingerprint density at radius 2 is 1.89 bits per heavy atom. The van der Waals surface area contributed by atoms with Crippen LogP contribution in [0, 0.1) is 0 Å². The molecular weight excluding hydrogens is 222 g/mol. The molecule has 0 aliphatic carbocycles. The number of likely N-dealkylation sites (N-methyl/N-ethyl adjacent to an activating group) is 1. The first-order valence-electron chi connectivity index (χ1n) is 7.31. The second-order valence-electron chi connectivity index (χ2n) is 7.41. The average molecular weight is 255 g/mol. The summed E-state index contributed by atoms with van der Waals surface area (Å²) in [5.74, 6) is 0. The van der Waals surface area contributed by atoms with E-state index >= 15 is 0 Å². The number of hydrogen-bond acceptors (Lipinski definition) is 3. The lowest BCUT2D eigenvalue weighted by atomic mass is 9.89. The van der Waals surface area contributed by atoms with Crippen molar-refractivity contribution in [3.8, 4) is 0 Å². The standard InChI is InChI=1S/C15H33N3/c1-14(2,3)18-13(8-10-16-6)12-17(7)11-9-15(18,4)5/h13,16H,8-12H2,1-7H3. The highest BCUT2D eigenvalue weighted by molar-refractivity contribution is 4.97.